The molecule has 0 radical (unpaired) electrons. The van der Waals surface area contributed by atoms with E-state index in [1.165, 1.54) is 6.20 Å². The van der Waals surface area contributed by atoms with Crippen LogP contribution in [0.1, 0.15) is 5.69 Å². The smallest absolute Gasteiger partial charge is 0.368 e. The van der Waals surface area contributed by atoms with E-state index in [9.17, 15) is 13.2 Å². The van der Waals surface area contributed by atoms with Gasteiger partial charge < -0.3 is 4.90 Å². The molecule has 0 atom stereocenters. The number of allylic oxidation sites excluding steroid dienone is 2. The van der Waals surface area contributed by atoms with Crippen molar-refractivity contribution in [3.8, 4) is 0 Å². The maximum Gasteiger partial charge on any atom is 0.416 e. The SMILES string of the molecule is FC(F)(F)C1=CCN(Cc2cccc(Cl)n2)C=C1. The van der Waals surface area contributed by atoms with E-state index in [1.807, 2.05) is 0 Å². The Balaban J connectivity index is 2.00. The third-order valence-electron chi connectivity index (χ3n) is 2.48. The first kappa shape index (κ1) is 13.0. The summed E-state index contributed by atoms with van der Waals surface area (Å²) in [6, 6.07) is 5.19. The fourth-order valence-electron chi connectivity index (χ4n) is 1.60. The Hall–Kier alpha value is -1.49. The van der Waals surface area contributed by atoms with E-state index in [1.54, 1.807) is 23.1 Å². The van der Waals surface area contributed by atoms with Crippen LogP contribution < -0.4 is 0 Å². The first-order valence-corrected chi connectivity index (χ1v) is 5.64. The molecule has 0 fully saturated rings. The zero-order valence-electron chi connectivity index (χ0n) is 9.28. The lowest BCUT2D eigenvalue weighted by Gasteiger charge is -2.23. The second-order valence-electron chi connectivity index (χ2n) is 3.85. The van der Waals surface area contributed by atoms with Gasteiger partial charge in [0.25, 0.3) is 0 Å². The van der Waals surface area contributed by atoms with Crippen molar-refractivity contribution in [3.63, 3.8) is 0 Å². The summed E-state index contributed by atoms with van der Waals surface area (Å²) >= 11 is 5.74. The number of aromatic nitrogens is 1. The van der Waals surface area contributed by atoms with Crippen LogP contribution in [0.3, 0.4) is 0 Å². The summed E-state index contributed by atoms with van der Waals surface area (Å²) in [5.74, 6) is 0. The van der Waals surface area contributed by atoms with Gasteiger partial charge in [0, 0.05) is 12.7 Å². The molecule has 1 aromatic rings. The quantitative estimate of drug-likeness (QED) is 0.767. The van der Waals surface area contributed by atoms with E-state index >= 15 is 0 Å². The van der Waals surface area contributed by atoms with E-state index in [2.05, 4.69) is 4.98 Å². The molecule has 0 aliphatic carbocycles. The molecule has 2 rings (SSSR count). The number of nitrogens with zero attached hydrogens (tertiary/aromatic N) is 2. The summed E-state index contributed by atoms with van der Waals surface area (Å²) in [5, 5.41) is 0.375. The van der Waals surface area contributed by atoms with Crippen LogP contribution in [0.25, 0.3) is 0 Å². The van der Waals surface area contributed by atoms with E-state index in [0.29, 0.717) is 11.7 Å². The summed E-state index contributed by atoms with van der Waals surface area (Å²) in [4.78, 5) is 5.81. The molecule has 1 aliphatic heterocycles. The first-order chi connectivity index (χ1) is 8.45. The molecule has 0 N–H and O–H groups in total. The van der Waals surface area contributed by atoms with Crippen LogP contribution in [-0.2, 0) is 6.54 Å². The number of hydrogen-bond acceptors (Lipinski definition) is 2. The zero-order valence-corrected chi connectivity index (χ0v) is 10.0. The van der Waals surface area contributed by atoms with Gasteiger partial charge in [-0.3, -0.25) is 0 Å². The highest BCUT2D eigenvalue weighted by molar-refractivity contribution is 6.29. The van der Waals surface area contributed by atoms with Crippen LogP contribution in [0.4, 0.5) is 13.2 Å². The van der Waals surface area contributed by atoms with Crippen LogP contribution in [0, 0.1) is 0 Å². The Morgan fingerprint density at radius 3 is 2.67 bits per heavy atom. The predicted octanol–water partition coefficient (Wildman–Crippen LogP) is 3.55. The maximum absolute atomic E-state index is 12.4. The van der Waals surface area contributed by atoms with E-state index in [0.717, 1.165) is 17.8 Å². The summed E-state index contributed by atoms with van der Waals surface area (Å²) in [6.07, 6.45) is -0.638. The van der Waals surface area contributed by atoms with E-state index in [-0.39, 0.29) is 6.54 Å². The van der Waals surface area contributed by atoms with Crippen molar-refractivity contribution in [3.05, 3.63) is 53.0 Å². The lowest BCUT2D eigenvalue weighted by atomic mass is 10.2. The van der Waals surface area contributed by atoms with Gasteiger partial charge in [-0.1, -0.05) is 23.7 Å². The highest BCUT2D eigenvalue weighted by Gasteiger charge is 2.32. The third kappa shape index (κ3) is 3.26. The molecule has 96 valence electrons. The molecule has 2 nitrogen and oxygen atoms in total. The normalized spacial score (nSPS) is 15.8. The molecule has 0 amide bonds. The number of halogens is 4. The van der Waals surface area contributed by atoms with Crippen molar-refractivity contribution in [2.45, 2.75) is 12.7 Å². The van der Waals surface area contributed by atoms with Crippen molar-refractivity contribution in [1.29, 1.82) is 0 Å². The molecule has 0 unspecified atom stereocenters. The van der Waals surface area contributed by atoms with Gasteiger partial charge in [0.15, 0.2) is 0 Å². The fourth-order valence-corrected chi connectivity index (χ4v) is 1.79. The second-order valence-corrected chi connectivity index (χ2v) is 4.24. The van der Waals surface area contributed by atoms with Crippen LogP contribution in [0.5, 0.6) is 0 Å². The summed E-state index contributed by atoms with van der Waals surface area (Å²) in [7, 11) is 0. The average molecular weight is 275 g/mol. The van der Waals surface area contributed by atoms with E-state index in [4.69, 9.17) is 11.6 Å². The van der Waals surface area contributed by atoms with Crippen LogP contribution in [-0.4, -0.2) is 22.6 Å². The highest BCUT2D eigenvalue weighted by Crippen LogP contribution is 2.28. The third-order valence-corrected chi connectivity index (χ3v) is 2.69. The van der Waals surface area contributed by atoms with Crippen LogP contribution in [0.15, 0.2) is 42.1 Å². The Kier molecular flexibility index (Phi) is 3.61. The first-order valence-electron chi connectivity index (χ1n) is 5.26. The molecule has 0 aromatic carbocycles. The number of hydrogen-bond donors (Lipinski definition) is 0. The molecule has 1 aromatic heterocycles. The molecule has 0 spiro atoms. The minimum absolute atomic E-state index is 0.208. The number of alkyl halides is 3. The maximum atomic E-state index is 12.4. The van der Waals surface area contributed by atoms with Gasteiger partial charge in [-0.05, 0) is 18.2 Å². The van der Waals surface area contributed by atoms with Crippen molar-refractivity contribution < 1.29 is 13.2 Å². The molecule has 0 bridgehead atoms. The van der Waals surface area contributed by atoms with Gasteiger partial charge in [0.2, 0.25) is 0 Å². The van der Waals surface area contributed by atoms with Crippen molar-refractivity contribution in [1.82, 2.24) is 9.88 Å². The van der Waals surface area contributed by atoms with Gasteiger partial charge in [-0.2, -0.15) is 13.2 Å². The van der Waals surface area contributed by atoms with Gasteiger partial charge in [0.05, 0.1) is 17.8 Å². The predicted molar refractivity (Wildman–Crippen MR) is 62.9 cm³/mol. The average Bonchev–Trinajstić information content (AvgIpc) is 2.28. The van der Waals surface area contributed by atoms with Crippen LogP contribution in [0.2, 0.25) is 5.15 Å². The second kappa shape index (κ2) is 5.02. The lowest BCUT2D eigenvalue weighted by molar-refractivity contribution is -0.0889. The Morgan fingerprint density at radius 2 is 2.11 bits per heavy atom. The van der Waals surface area contributed by atoms with Crippen molar-refractivity contribution in [2.75, 3.05) is 6.54 Å². The largest absolute Gasteiger partial charge is 0.416 e. The van der Waals surface area contributed by atoms with Crippen molar-refractivity contribution in [2.24, 2.45) is 0 Å². The van der Waals surface area contributed by atoms with E-state index < -0.39 is 11.7 Å². The summed E-state index contributed by atoms with van der Waals surface area (Å²) in [5.41, 5.74) is 0.105. The molecule has 0 saturated heterocycles. The molecule has 6 heteroatoms. The summed E-state index contributed by atoms with van der Waals surface area (Å²) < 4.78 is 37.1. The Morgan fingerprint density at radius 1 is 1.33 bits per heavy atom. The van der Waals surface area contributed by atoms with Gasteiger partial charge in [-0.25, -0.2) is 4.98 Å². The zero-order chi connectivity index (χ0) is 13.2. The highest BCUT2D eigenvalue weighted by atomic mass is 35.5. The Labute approximate surface area is 107 Å². The molecule has 1 aliphatic rings. The molecular formula is C12H10ClF3N2. The minimum Gasteiger partial charge on any atom is -0.368 e. The Bertz CT molecular complexity index is 494. The molecular weight excluding hydrogens is 265 g/mol. The van der Waals surface area contributed by atoms with Crippen molar-refractivity contribution >= 4 is 11.6 Å². The standard InChI is InChI=1S/C12H10ClF3N2/c13-11-3-1-2-10(17-11)8-18-6-4-9(5-7-18)12(14,15)16/h1-6H,7-8H2. The van der Waals surface area contributed by atoms with Gasteiger partial charge in [-0.15, -0.1) is 0 Å². The van der Waals surface area contributed by atoms with Gasteiger partial charge in [0.1, 0.15) is 5.15 Å². The fraction of sp³-hybridized carbons (Fsp3) is 0.250. The topological polar surface area (TPSA) is 16.1 Å². The molecule has 18 heavy (non-hydrogen) atoms. The lowest BCUT2D eigenvalue weighted by Crippen LogP contribution is -2.23. The number of rotatable bonds is 2. The van der Waals surface area contributed by atoms with Crippen LogP contribution >= 0.6 is 11.6 Å². The molecule has 2 heterocycles. The molecule has 0 saturated carbocycles. The summed E-state index contributed by atoms with van der Waals surface area (Å²) in [6.45, 7) is 0.637. The monoisotopic (exact) mass is 274 g/mol. The van der Waals surface area contributed by atoms with Gasteiger partial charge >= 0.3 is 6.18 Å². The number of pyridine rings is 1. The minimum atomic E-state index is -4.28.